The fourth-order valence-corrected chi connectivity index (χ4v) is 2.08. The van der Waals surface area contributed by atoms with Crippen molar-refractivity contribution in [3.63, 3.8) is 0 Å². The lowest BCUT2D eigenvalue weighted by Gasteiger charge is -2.09. The maximum absolute atomic E-state index is 11.7. The number of hydrogen-bond donors (Lipinski definition) is 1. The molecule has 0 saturated carbocycles. The smallest absolute Gasteiger partial charge is 0.290 e. The molecule has 0 aliphatic rings. The predicted molar refractivity (Wildman–Crippen MR) is 61.4 cm³/mol. The summed E-state index contributed by atoms with van der Waals surface area (Å²) in [4.78, 5) is 12.8. The first-order valence-electron chi connectivity index (χ1n) is 4.94. The number of nitrogens with one attached hydrogen (secondary N) is 1. The van der Waals surface area contributed by atoms with Crippen LogP contribution in [0.3, 0.4) is 0 Å². The number of nitrogens with zero attached hydrogens (tertiary/aromatic N) is 1. The van der Waals surface area contributed by atoms with Gasteiger partial charge in [0.1, 0.15) is 0 Å². The first-order valence-corrected chi connectivity index (χ1v) is 5.82. The Kier molecular flexibility index (Phi) is 3.05. The van der Waals surface area contributed by atoms with Crippen molar-refractivity contribution in [1.82, 2.24) is 10.5 Å². The van der Waals surface area contributed by atoms with Crippen molar-refractivity contribution in [2.45, 2.75) is 19.9 Å². The van der Waals surface area contributed by atoms with E-state index in [1.54, 1.807) is 24.3 Å². The Hall–Kier alpha value is -1.62. The van der Waals surface area contributed by atoms with E-state index >= 15 is 0 Å². The number of thiophene rings is 1. The van der Waals surface area contributed by atoms with E-state index in [1.807, 2.05) is 24.4 Å². The minimum atomic E-state index is -0.235. The predicted octanol–water partition coefficient (Wildman–Crippen LogP) is 2.54. The molecule has 0 spiro atoms. The van der Waals surface area contributed by atoms with Gasteiger partial charge in [0.25, 0.3) is 5.91 Å². The third-order valence-corrected chi connectivity index (χ3v) is 3.22. The second-order valence-corrected chi connectivity index (χ2v) is 4.52. The number of hydrogen-bond acceptors (Lipinski definition) is 4. The van der Waals surface area contributed by atoms with Crippen molar-refractivity contribution in [2.24, 2.45) is 0 Å². The van der Waals surface area contributed by atoms with Gasteiger partial charge in [0, 0.05) is 10.9 Å². The van der Waals surface area contributed by atoms with Crippen LogP contribution in [0.4, 0.5) is 0 Å². The van der Waals surface area contributed by atoms with Gasteiger partial charge in [-0.15, -0.1) is 11.3 Å². The lowest BCUT2D eigenvalue weighted by atomic mass is 10.2. The summed E-state index contributed by atoms with van der Waals surface area (Å²) < 4.78 is 4.89. The molecule has 0 saturated heterocycles. The van der Waals surface area contributed by atoms with E-state index in [4.69, 9.17) is 4.52 Å². The highest BCUT2D eigenvalue weighted by Crippen LogP contribution is 2.18. The lowest BCUT2D eigenvalue weighted by Crippen LogP contribution is -2.25. The molecule has 0 fully saturated rings. The average Bonchev–Trinajstić information content (AvgIpc) is 2.87. The van der Waals surface area contributed by atoms with Gasteiger partial charge in [-0.05, 0) is 25.3 Å². The Bertz CT molecular complexity index is 476. The minimum Gasteiger partial charge on any atom is -0.351 e. The van der Waals surface area contributed by atoms with Gasteiger partial charge in [-0.25, -0.2) is 0 Å². The van der Waals surface area contributed by atoms with Gasteiger partial charge >= 0.3 is 0 Å². The fraction of sp³-hybridized carbons (Fsp3) is 0.273. The highest BCUT2D eigenvalue weighted by molar-refractivity contribution is 7.10. The summed E-state index contributed by atoms with van der Waals surface area (Å²) >= 11 is 1.61. The Balaban J connectivity index is 2.03. The molecule has 4 nitrogen and oxygen atoms in total. The van der Waals surface area contributed by atoms with Crippen LogP contribution < -0.4 is 5.32 Å². The number of aryl methyl sites for hydroxylation is 1. The molecule has 0 aliphatic heterocycles. The van der Waals surface area contributed by atoms with Gasteiger partial charge in [-0.2, -0.15) is 0 Å². The lowest BCUT2D eigenvalue weighted by molar-refractivity contribution is 0.0903. The van der Waals surface area contributed by atoms with Crippen molar-refractivity contribution >= 4 is 17.2 Å². The molecule has 0 unspecified atom stereocenters. The van der Waals surface area contributed by atoms with E-state index in [1.165, 1.54) is 0 Å². The standard InChI is InChI=1S/C11H12N2O2S/c1-7-6-9(15-13-7)11(14)12-8(2)10-4-3-5-16-10/h3-6,8H,1-2H3,(H,12,14)/t8-/m1/s1. The van der Waals surface area contributed by atoms with Gasteiger partial charge in [0.05, 0.1) is 11.7 Å². The zero-order valence-corrected chi connectivity index (χ0v) is 9.88. The molecule has 2 rings (SSSR count). The Morgan fingerprint density at radius 1 is 1.62 bits per heavy atom. The highest BCUT2D eigenvalue weighted by Gasteiger charge is 2.15. The van der Waals surface area contributed by atoms with E-state index < -0.39 is 0 Å². The van der Waals surface area contributed by atoms with Crippen molar-refractivity contribution in [1.29, 1.82) is 0 Å². The van der Waals surface area contributed by atoms with Crippen molar-refractivity contribution in [2.75, 3.05) is 0 Å². The zero-order valence-electron chi connectivity index (χ0n) is 9.06. The fourth-order valence-electron chi connectivity index (χ4n) is 1.35. The zero-order chi connectivity index (χ0) is 11.5. The second-order valence-electron chi connectivity index (χ2n) is 3.54. The van der Waals surface area contributed by atoms with Gasteiger partial charge in [0.15, 0.2) is 0 Å². The van der Waals surface area contributed by atoms with Crippen LogP contribution in [0.15, 0.2) is 28.1 Å². The maximum atomic E-state index is 11.7. The first-order chi connectivity index (χ1) is 7.66. The molecule has 0 aliphatic carbocycles. The molecule has 2 heterocycles. The Morgan fingerprint density at radius 2 is 2.44 bits per heavy atom. The van der Waals surface area contributed by atoms with Crippen molar-refractivity contribution < 1.29 is 9.32 Å². The van der Waals surface area contributed by atoms with Crippen LogP contribution in [0.25, 0.3) is 0 Å². The molecule has 5 heteroatoms. The molecule has 1 N–H and O–H groups in total. The molecule has 0 aromatic carbocycles. The maximum Gasteiger partial charge on any atom is 0.290 e. The van der Waals surface area contributed by atoms with Gasteiger partial charge in [-0.3, -0.25) is 4.79 Å². The number of carbonyl (C=O) groups excluding carboxylic acids is 1. The molecule has 0 bridgehead atoms. The molecular formula is C11H12N2O2S. The van der Waals surface area contributed by atoms with E-state index in [9.17, 15) is 4.79 Å². The third kappa shape index (κ3) is 2.30. The topological polar surface area (TPSA) is 55.1 Å². The van der Waals surface area contributed by atoms with Crippen LogP contribution in [0, 0.1) is 6.92 Å². The molecule has 0 radical (unpaired) electrons. The van der Waals surface area contributed by atoms with Gasteiger partial charge in [0.2, 0.25) is 5.76 Å². The van der Waals surface area contributed by atoms with Gasteiger partial charge in [-0.1, -0.05) is 11.2 Å². The van der Waals surface area contributed by atoms with Crippen molar-refractivity contribution in [3.05, 3.63) is 39.9 Å². The summed E-state index contributed by atoms with van der Waals surface area (Å²) in [6.07, 6.45) is 0. The van der Waals surface area contributed by atoms with E-state index in [0.717, 1.165) is 4.88 Å². The van der Waals surface area contributed by atoms with Crippen LogP contribution in [0.5, 0.6) is 0 Å². The van der Waals surface area contributed by atoms with E-state index in [-0.39, 0.29) is 17.7 Å². The monoisotopic (exact) mass is 236 g/mol. The SMILES string of the molecule is Cc1cc(C(=O)N[C@H](C)c2cccs2)on1. The summed E-state index contributed by atoms with van der Waals surface area (Å²) in [5.74, 6) is 0.0161. The van der Waals surface area contributed by atoms with Crippen LogP contribution in [0.2, 0.25) is 0 Å². The molecule has 2 aromatic heterocycles. The van der Waals surface area contributed by atoms with Crippen molar-refractivity contribution in [3.8, 4) is 0 Å². The molecule has 84 valence electrons. The van der Waals surface area contributed by atoms with Crippen LogP contribution in [-0.4, -0.2) is 11.1 Å². The van der Waals surface area contributed by atoms with Gasteiger partial charge < -0.3 is 9.84 Å². The van der Waals surface area contributed by atoms with Crippen LogP contribution >= 0.6 is 11.3 Å². The Labute approximate surface area is 97.3 Å². The number of carbonyl (C=O) groups is 1. The molecule has 1 atom stereocenters. The quantitative estimate of drug-likeness (QED) is 0.891. The second kappa shape index (κ2) is 4.49. The molecule has 16 heavy (non-hydrogen) atoms. The third-order valence-electron chi connectivity index (χ3n) is 2.17. The molecular weight excluding hydrogens is 224 g/mol. The normalized spacial score (nSPS) is 12.4. The van der Waals surface area contributed by atoms with Crippen LogP contribution in [-0.2, 0) is 0 Å². The number of rotatable bonds is 3. The Morgan fingerprint density at radius 3 is 3.00 bits per heavy atom. The molecule has 1 amide bonds. The summed E-state index contributed by atoms with van der Waals surface area (Å²) in [6.45, 7) is 3.72. The highest BCUT2D eigenvalue weighted by atomic mass is 32.1. The van der Waals surface area contributed by atoms with Crippen LogP contribution in [0.1, 0.15) is 34.1 Å². The minimum absolute atomic E-state index is 0.0158. The van der Waals surface area contributed by atoms with E-state index in [0.29, 0.717) is 5.69 Å². The molecule has 2 aromatic rings. The summed E-state index contributed by atoms with van der Waals surface area (Å²) in [5, 5.41) is 8.51. The summed E-state index contributed by atoms with van der Waals surface area (Å²) in [5.41, 5.74) is 0.703. The average molecular weight is 236 g/mol. The largest absolute Gasteiger partial charge is 0.351 e. The summed E-state index contributed by atoms with van der Waals surface area (Å²) in [7, 11) is 0. The summed E-state index contributed by atoms with van der Waals surface area (Å²) in [6, 6.07) is 5.55. The van der Waals surface area contributed by atoms with E-state index in [2.05, 4.69) is 10.5 Å². The first kappa shape index (κ1) is 10.9. The number of amides is 1. The number of aromatic nitrogens is 1.